The Balaban J connectivity index is 1.82. The molecule has 34 heavy (non-hydrogen) atoms. The first kappa shape index (κ1) is 24.6. The Bertz CT molecular complexity index is 1160. The van der Waals surface area contributed by atoms with Crippen molar-refractivity contribution in [3.8, 4) is 17.0 Å². The number of anilines is 1. The SMILES string of the molecule is CCCCOc1ccc(-c2[nH]c3cc(C(=O)OC)sc3c2C2CCCCC2)c(NC(=O)CCl)c1. The zero-order valence-electron chi connectivity index (χ0n) is 19.7. The summed E-state index contributed by atoms with van der Waals surface area (Å²) in [6.07, 6.45) is 7.84. The largest absolute Gasteiger partial charge is 0.494 e. The van der Waals surface area contributed by atoms with Crippen molar-refractivity contribution in [2.45, 2.75) is 57.8 Å². The van der Waals surface area contributed by atoms with Crippen molar-refractivity contribution in [1.29, 1.82) is 0 Å². The van der Waals surface area contributed by atoms with Gasteiger partial charge >= 0.3 is 5.97 Å². The van der Waals surface area contributed by atoms with Crippen LogP contribution in [0.1, 0.15) is 73.0 Å². The second kappa shape index (κ2) is 11.3. The highest BCUT2D eigenvalue weighted by atomic mass is 35.5. The number of aromatic nitrogens is 1. The molecule has 1 aliphatic rings. The molecule has 1 saturated carbocycles. The molecule has 0 bridgehead atoms. The number of carbonyl (C=O) groups excluding carboxylic acids is 2. The molecule has 2 heterocycles. The van der Waals surface area contributed by atoms with Gasteiger partial charge < -0.3 is 19.8 Å². The van der Waals surface area contributed by atoms with Gasteiger partial charge in [-0.3, -0.25) is 4.79 Å². The summed E-state index contributed by atoms with van der Waals surface area (Å²) in [7, 11) is 1.40. The highest BCUT2D eigenvalue weighted by Gasteiger charge is 2.27. The number of aromatic amines is 1. The number of methoxy groups -OCH3 is 1. The lowest BCUT2D eigenvalue weighted by molar-refractivity contribution is -0.113. The number of halogens is 1. The smallest absolute Gasteiger partial charge is 0.348 e. The van der Waals surface area contributed by atoms with Crippen LogP contribution in [0.15, 0.2) is 24.3 Å². The maximum atomic E-state index is 12.3. The first-order chi connectivity index (χ1) is 16.5. The van der Waals surface area contributed by atoms with Crippen LogP contribution >= 0.6 is 22.9 Å². The van der Waals surface area contributed by atoms with Crippen LogP contribution in [0.4, 0.5) is 5.69 Å². The molecular weight excluding hydrogens is 472 g/mol. The van der Waals surface area contributed by atoms with E-state index in [1.165, 1.54) is 43.3 Å². The molecule has 4 rings (SSSR count). The molecular formula is C26H31ClN2O4S. The number of hydrogen-bond donors (Lipinski definition) is 2. The Labute approximate surface area is 209 Å². The van der Waals surface area contributed by atoms with Gasteiger partial charge in [0.15, 0.2) is 0 Å². The number of unbranched alkanes of at least 4 members (excludes halogenated alkanes) is 1. The van der Waals surface area contributed by atoms with Crippen LogP contribution in [0.5, 0.6) is 5.75 Å². The third-order valence-corrected chi connectivity index (χ3v) is 7.72. The van der Waals surface area contributed by atoms with E-state index < -0.39 is 0 Å². The fourth-order valence-electron chi connectivity index (χ4n) is 4.65. The van der Waals surface area contributed by atoms with Crippen molar-refractivity contribution in [3.63, 3.8) is 0 Å². The number of ether oxygens (including phenoxy) is 2. The number of fused-ring (bicyclic) bond motifs is 1. The van der Waals surface area contributed by atoms with E-state index in [-0.39, 0.29) is 17.8 Å². The average molecular weight is 503 g/mol. The number of amides is 1. The van der Waals surface area contributed by atoms with Crippen LogP contribution in [-0.4, -0.2) is 36.5 Å². The maximum absolute atomic E-state index is 12.3. The fraction of sp³-hybridized carbons (Fsp3) is 0.462. The Morgan fingerprint density at radius 2 is 2.00 bits per heavy atom. The quantitative estimate of drug-likeness (QED) is 0.186. The van der Waals surface area contributed by atoms with Crippen molar-refractivity contribution in [2.75, 3.05) is 24.9 Å². The molecule has 182 valence electrons. The highest BCUT2D eigenvalue weighted by molar-refractivity contribution is 7.21. The van der Waals surface area contributed by atoms with Gasteiger partial charge in [0, 0.05) is 11.6 Å². The first-order valence-electron chi connectivity index (χ1n) is 11.9. The first-order valence-corrected chi connectivity index (χ1v) is 13.3. The Hall–Kier alpha value is -2.51. The average Bonchev–Trinajstić information content (AvgIpc) is 3.42. The molecule has 1 fully saturated rings. The number of carbonyl (C=O) groups is 2. The predicted octanol–water partition coefficient (Wildman–Crippen LogP) is 7.09. The molecule has 0 atom stereocenters. The van der Waals surface area contributed by atoms with E-state index in [2.05, 4.69) is 17.2 Å². The number of thiophene rings is 1. The lowest BCUT2D eigenvalue weighted by Gasteiger charge is -2.23. The molecule has 2 N–H and O–H groups in total. The van der Waals surface area contributed by atoms with E-state index in [0.717, 1.165) is 47.2 Å². The Morgan fingerprint density at radius 1 is 1.21 bits per heavy atom. The van der Waals surface area contributed by atoms with Crippen molar-refractivity contribution < 1.29 is 19.1 Å². The third-order valence-electron chi connectivity index (χ3n) is 6.33. The van der Waals surface area contributed by atoms with E-state index in [1.807, 2.05) is 24.3 Å². The van der Waals surface area contributed by atoms with Crippen molar-refractivity contribution in [2.24, 2.45) is 0 Å². The van der Waals surface area contributed by atoms with Crippen LogP contribution in [0.2, 0.25) is 0 Å². The number of nitrogens with one attached hydrogen (secondary N) is 2. The van der Waals surface area contributed by atoms with Gasteiger partial charge in [-0.2, -0.15) is 0 Å². The minimum absolute atomic E-state index is 0.127. The summed E-state index contributed by atoms with van der Waals surface area (Å²) < 4.78 is 11.9. The van der Waals surface area contributed by atoms with Gasteiger partial charge in [-0.15, -0.1) is 22.9 Å². The van der Waals surface area contributed by atoms with Crippen LogP contribution < -0.4 is 10.1 Å². The molecule has 1 aliphatic carbocycles. The Morgan fingerprint density at radius 3 is 2.71 bits per heavy atom. The molecule has 0 unspecified atom stereocenters. The van der Waals surface area contributed by atoms with Crippen molar-refractivity contribution in [1.82, 2.24) is 4.98 Å². The zero-order chi connectivity index (χ0) is 24.1. The number of alkyl halides is 1. The lowest BCUT2D eigenvalue weighted by Crippen LogP contribution is -2.14. The molecule has 1 aromatic carbocycles. The molecule has 1 amide bonds. The molecule has 0 radical (unpaired) electrons. The van der Waals surface area contributed by atoms with Gasteiger partial charge in [-0.25, -0.2) is 4.79 Å². The van der Waals surface area contributed by atoms with Gasteiger partial charge in [0.25, 0.3) is 0 Å². The van der Waals surface area contributed by atoms with Crippen LogP contribution in [0.3, 0.4) is 0 Å². The summed E-state index contributed by atoms with van der Waals surface area (Å²) >= 11 is 7.28. The maximum Gasteiger partial charge on any atom is 0.348 e. The molecule has 6 nitrogen and oxygen atoms in total. The monoisotopic (exact) mass is 502 g/mol. The summed E-state index contributed by atoms with van der Waals surface area (Å²) in [6.45, 7) is 2.74. The third kappa shape index (κ3) is 5.26. The zero-order valence-corrected chi connectivity index (χ0v) is 21.2. The van der Waals surface area contributed by atoms with E-state index in [0.29, 0.717) is 28.8 Å². The van der Waals surface area contributed by atoms with E-state index in [9.17, 15) is 9.59 Å². The van der Waals surface area contributed by atoms with Gasteiger partial charge in [0.05, 0.1) is 35.3 Å². The second-order valence-corrected chi connectivity index (χ2v) is 10.0. The molecule has 3 aromatic rings. The molecule has 2 aromatic heterocycles. The Kier molecular flexibility index (Phi) is 8.16. The predicted molar refractivity (Wildman–Crippen MR) is 139 cm³/mol. The van der Waals surface area contributed by atoms with E-state index in [1.54, 1.807) is 0 Å². The fourth-order valence-corrected chi connectivity index (χ4v) is 5.88. The topological polar surface area (TPSA) is 80.4 Å². The standard InChI is InChI=1S/C26H31ClN2O4S/c1-3-4-12-33-17-10-11-18(19(13-17)28-22(30)15-27)24-23(16-8-6-5-7-9-16)25-20(29-24)14-21(34-25)26(31)32-2/h10-11,13-14,16,29H,3-9,12,15H2,1-2H3,(H,28,30). The minimum atomic E-state index is -0.325. The molecule has 8 heteroatoms. The van der Waals surface area contributed by atoms with Crippen LogP contribution in [0.25, 0.3) is 21.5 Å². The normalized spacial score (nSPS) is 14.3. The molecule has 0 saturated heterocycles. The van der Waals surface area contributed by atoms with Gasteiger partial charge in [-0.1, -0.05) is 32.6 Å². The van der Waals surface area contributed by atoms with Crippen LogP contribution in [-0.2, 0) is 9.53 Å². The molecule has 0 aliphatic heterocycles. The van der Waals surface area contributed by atoms with Crippen LogP contribution in [0, 0.1) is 0 Å². The lowest BCUT2D eigenvalue weighted by atomic mass is 9.83. The van der Waals surface area contributed by atoms with Crippen molar-refractivity contribution in [3.05, 3.63) is 34.7 Å². The highest BCUT2D eigenvalue weighted by Crippen LogP contribution is 2.46. The summed E-state index contributed by atoms with van der Waals surface area (Å²) in [5.74, 6) is 0.378. The number of hydrogen-bond acceptors (Lipinski definition) is 5. The second-order valence-electron chi connectivity index (χ2n) is 8.68. The van der Waals surface area contributed by atoms with Gasteiger partial charge in [0.1, 0.15) is 16.5 Å². The number of benzene rings is 1. The van der Waals surface area contributed by atoms with Gasteiger partial charge in [0.2, 0.25) is 5.91 Å². The van der Waals surface area contributed by atoms with E-state index >= 15 is 0 Å². The number of rotatable bonds is 9. The number of H-pyrrole nitrogens is 1. The molecule has 0 spiro atoms. The number of esters is 1. The van der Waals surface area contributed by atoms with E-state index in [4.69, 9.17) is 21.1 Å². The van der Waals surface area contributed by atoms with Gasteiger partial charge in [-0.05, 0) is 48.9 Å². The minimum Gasteiger partial charge on any atom is -0.494 e. The summed E-state index contributed by atoms with van der Waals surface area (Å²) in [5, 5.41) is 2.95. The summed E-state index contributed by atoms with van der Waals surface area (Å²) in [5.41, 5.74) is 4.67. The summed E-state index contributed by atoms with van der Waals surface area (Å²) in [4.78, 5) is 28.6. The van der Waals surface area contributed by atoms with Crippen molar-refractivity contribution >= 4 is 50.7 Å². The summed E-state index contributed by atoms with van der Waals surface area (Å²) in [6, 6.07) is 7.67.